The quantitative estimate of drug-likeness (QED) is 0.512. The van der Waals surface area contributed by atoms with E-state index in [2.05, 4.69) is 5.32 Å². The lowest BCUT2D eigenvalue weighted by Gasteiger charge is -2.16. The van der Waals surface area contributed by atoms with Crippen LogP contribution >= 0.6 is 0 Å². The second-order valence-electron chi connectivity index (χ2n) is 4.77. The fourth-order valence-corrected chi connectivity index (χ4v) is 2.25. The molecule has 0 aromatic heterocycles. The first-order chi connectivity index (χ1) is 9.43. The van der Waals surface area contributed by atoms with E-state index in [1.165, 1.54) is 12.1 Å². The average molecular weight is 277 g/mol. The van der Waals surface area contributed by atoms with Gasteiger partial charge in [-0.05, 0) is 6.07 Å². The Morgan fingerprint density at radius 2 is 2.15 bits per heavy atom. The predicted octanol–water partition coefficient (Wildman–Crippen LogP) is 1.53. The van der Waals surface area contributed by atoms with E-state index in [1.807, 2.05) is 0 Å². The summed E-state index contributed by atoms with van der Waals surface area (Å²) in [6.45, 7) is 1.76. The number of carbonyl (C=O) groups is 2. The highest BCUT2D eigenvalue weighted by Gasteiger charge is 2.35. The molecule has 0 spiro atoms. The SMILES string of the molecule is CNc1ccc([N+](=O)[O-])cc1CN1C(=O)CC(C)C1=O. The Balaban J connectivity index is 2.32. The second-order valence-corrected chi connectivity index (χ2v) is 4.77. The van der Waals surface area contributed by atoms with E-state index in [9.17, 15) is 19.7 Å². The van der Waals surface area contributed by atoms with Gasteiger partial charge in [0, 0.05) is 42.8 Å². The highest BCUT2D eigenvalue weighted by Crippen LogP contribution is 2.27. The van der Waals surface area contributed by atoms with Gasteiger partial charge in [-0.2, -0.15) is 0 Å². The zero-order chi connectivity index (χ0) is 14.9. The van der Waals surface area contributed by atoms with Crippen molar-refractivity contribution in [2.75, 3.05) is 12.4 Å². The van der Waals surface area contributed by atoms with Crippen LogP contribution in [0.3, 0.4) is 0 Å². The van der Waals surface area contributed by atoms with Gasteiger partial charge in [0.1, 0.15) is 0 Å². The molecule has 1 aromatic rings. The van der Waals surface area contributed by atoms with Gasteiger partial charge in [0.25, 0.3) is 5.69 Å². The lowest BCUT2D eigenvalue weighted by Crippen LogP contribution is -2.30. The molecule has 0 radical (unpaired) electrons. The third-order valence-electron chi connectivity index (χ3n) is 3.37. The number of amides is 2. The standard InChI is InChI=1S/C13H15N3O4/c1-8-5-12(17)15(13(8)18)7-9-6-10(16(19)20)3-4-11(9)14-2/h3-4,6,8,14H,5,7H2,1-2H3. The van der Waals surface area contributed by atoms with Crippen LogP contribution in [0.2, 0.25) is 0 Å². The summed E-state index contributed by atoms with van der Waals surface area (Å²) in [5, 5.41) is 13.7. The van der Waals surface area contributed by atoms with Gasteiger partial charge in [-0.25, -0.2) is 0 Å². The number of nitro benzene ring substituents is 1. The Kier molecular flexibility index (Phi) is 3.69. The molecule has 1 saturated heterocycles. The largest absolute Gasteiger partial charge is 0.388 e. The molecule has 0 saturated carbocycles. The van der Waals surface area contributed by atoms with Gasteiger partial charge in [0.15, 0.2) is 0 Å². The van der Waals surface area contributed by atoms with Crippen molar-refractivity contribution in [1.82, 2.24) is 4.90 Å². The summed E-state index contributed by atoms with van der Waals surface area (Å²) in [6.07, 6.45) is 0.197. The van der Waals surface area contributed by atoms with E-state index in [0.29, 0.717) is 11.3 Å². The summed E-state index contributed by atoms with van der Waals surface area (Å²) in [5.41, 5.74) is 1.15. The minimum atomic E-state index is -0.501. The second kappa shape index (κ2) is 5.28. The Morgan fingerprint density at radius 3 is 2.65 bits per heavy atom. The molecule has 1 N–H and O–H groups in total. The smallest absolute Gasteiger partial charge is 0.269 e. The zero-order valence-corrected chi connectivity index (χ0v) is 11.3. The summed E-state index contributed by atoms with van der Waals surface area (Å²) in [6, 6.07) is 4.34. The molecule has 1 unspecified atom stereocenters. The third-order valence-corrected chi connectivity index (χ3v) is 3.37. The molecule has 1 aliphatic rings. The molecule has 1 aromatic carbocycles. The molecule has 0 bridgehead atoms. The molecule has 20 heavy (non-hydrogen) atoms. The molecule has 1 fully saturated rings. The first-order valence-corrected chi connectivity index (χ1v) is 6.23. The molecule has 1 aliphatic heterocycles. The van der Waals surface area contributed by atoms with Crippen molar-refractivity contribution in [3.05, 3.63) is 33.9 Å². The summed E-state index contributed by atoms with van der Waals surface area (Å²) >= 11 is 0. The maximum atomic E-state index is 11.9. The molecule has 0 aliphatic carbocycles. The maximum absolute atomic E-state index is 11.9. The molecule has 1 atom stereocenters. The highest BCUT2D eigenvalue weighted by atomic mass is 16.6. The number of hydrogen-bond donors (Lipinski definition) is 1. The summed E-state index contributed by atoms with van der Waals surface area (Å²) in [7, 11) is 1.68. The van der Waals surface area contributed by atoms with Crippen LogP contribution in [0.25, 0.3) is 0 Å². The Hall–Kier alpha value is -2.44. The molecular formula is C13H15N3O4. The zero-order valence-electron chi connectivity index (χ0n) is 11.3. The van der Waals surface area contributed by atoms with Crippen LogP contribution in [0.4, 0.5) is 11.4 Å². The summed E-state index contributed by atoms with van der Waals surface area (Å²) < 4.78 is 0. The first kappa shape index (κ1) is 14.0. The normalized spacial score (nSPS) is 18.5. The first-order valence-electron chi connectivity index (χ1n) is 6.23. The molecular weight excluding hydrogens is 262 g/mol. The summed E-state index contributed by atoms with van der Waals surface area (Å²) in [5.74, 6) is -0.793. The number of nitrogens with one attached hydrogen (secondary N) is 1. The van der Waals surface area contributed by atoms with E-state index in [4.69, 9.17) is 0 Å². The Bertz CT molecular complexity index is 585. The number of benzene rings is 1. The van der Waals surface area contributed by atoms with Crippen LogP contribution in [-0.2, 0) is 16.1 Å². The highest BCUT2D eigenvalue weighted by molar-refractivity contribution is 6.03. The van der Waals surface area contributed by atoms with Crippen molar-refractivity contribution in [2.24, 2.45) is 5.92 Å². The number of rotatable bonds is 4. The van der Waals surface area contributed by atoms with Crippen molar-refractivity contribution >= 4 is 23.2 Å². The molecule has 7 nitrogen and oxygen atoms in total. The Morgan fingerprint density at radius 1 is 1.45 bits per heavy atom. The third kappa shape index (κ3) is 2.47. The van der Waals surface area contributed by atoms with Crippen LogP contribution in [0.5, 0.6) is 0 Å². The topological polar surface area (TPSA) is 92.6 Å². The number of hydrogen-bond acceptors (Lipinski definition) is 5. The average Bonchev–Trinajstić information content (AvgIpc) is 2.65. The lowest BCUT2D eigenvalue weighted by atomic mass is 10.1. The minimum absolute atomic E-state index is 0.0554. The van der Waals surface area contributed by atoms with Crippen LogP contribution in [-0.4, -0.2) is 28.7 Å². The number of anilines is 1. The van der Waals surface area contributed by atoms with Crippen molar-refractivity contribution in [1.29, 1.82) is 0 Å². The lowest BCUT2D eigenvalue weighted by molar-refractivity contribution is -0.384. The number of nitro groups is 1. The van der Waals surface area contributed by atoms with Gasteiger partial charge in [-0.3, -0.25) is 24.6 Å². The van der Waals surface area contributed by atoms with Gasteiger partial charge in [-0.1, -0.05) is 6.92 Å². The molecule has 2 rings (SSSR count). The number of imide groups is 1. The van der Waals surface area contributed by atoms with E-state index < -0.39 is 4.92 Å². The van der Waals surface area contributed by atoms with E-state index in [-0.39, 0.29) is 36.4 Å². The molecule has 2 amide bonds. The van der Waals surface area contributed by atoms with Gasteiger partial charge in [0.2, 0.25) is 11.8 Å². The Labute approximate surface area is 115 Å². The van der Waals surface area contributed by atoms with Crippen molar-refractivity contribution in [2.45, 2.75) is 19.9 Å². The molecule has 7 heteroatoms. The monoisotopic (exact) mass is 277 g/mol. The predicted molar refractivity (Wildman–Crippen MR) is 72.0 cm³/mol. The van der Waals surface area contributed by atoms with E-state index in [0.717, 1.165) is 4.90 Å². The van der Waals surface area contributed by atoms with Crippen LogP contribution in [0.1, 0.15) is 18.9 Å². The maximum Gasteiger partial charge on any atom is 0.269 e. The van der Waals surface area contributed by atoms with Crippen LogP contribution in [0, 0.1) is 16.0 Å². The van der Waals surface area contributed by atoms with Crippen molar-refractivity contribution < 1.29 is 14.5 Å². The molecule has 106 valence electrons. The minimum Gasteiger partial charge on any atom is -0.388 e. The fourth-order valence-electron chi connectivity index (χ4n) is 2.25. The number of non-ortho nitro benzene ring substituents is 1. The van der Waals surface area contributed by atoms with Crippen LogP contribution < -0.4 is 5.32 Å². The number of carbonyl (C=O) groups excluding carboxylic acids is 2. The van der Waals surface area contributed by atoms with Gasteiger partial charge >= 0.3 is 0 Å². The van der Waals surface area contributed by atoms with E-state index in [1.54, 1.807) is 20.0 Å². The summed E-state index contributed by atoms with van der Waals surface area (Å²) in [4.78, 5) is 35.1. The van der Waals surface area contributed by atoms with Crippen molar-refractivity contribution in [3.63, 3.8) is 0 Å². The van der Waals surface area contributed by atoms with E-state index >= 15 is 0 Å². The number of likely N-dealkylation sites (tertiary alicyclic amines) is 1. The van der Waals surface area contributed by atoms with Crippen LogP contribution in [0.15, 0.2) is 18.2 Å². The van der Waals surface area contributed by atoms with Crippen molar-refractivity contribution in [3.8, 4) is 0 Å². The van der Waals surface area contributed by atoms with Gasteiger partial charge in [0.05, 0.1) is 11.5 Å². The van der Waals surface area contributed by atoms with Gasteiger partial charge < -0.3 is 5.32 Å². The fraction of sp³-hybridized carbons (Fsp3) is 0.385. The van der Waals surface area contributed by atoms with Gasteiger partial charge in [-0.15, -0.1) is 0 Å². The molecule has 1 heterocycles. The number of nitrogens with zero attached hydrogens (tertiary/aromatic N) is 2.